The van der Waals surface area contributed by atoms with Crippen LogP contribution in [0.1, 0.15) is 17.5 Å². The molecule has 4 N–H and O–H groups in total. The molecule has 3 amide bonds. The first-order chi connectivity index (χ1) is 10.9. The quantitative estimate of drug-likeness (QED) is 0.549. The van der Waals surface area contributed by atoms with Crippen molar-refractivity contribution in [2.45, 2.75) is 13.0 Å². The molecule has 0 aliphatic rings. The van der Waals surface area contributed by atoms with Gasteiger partial charge >= 0.3 is 6.03 Å². The number of ether oxygens (including phenoxy) is 1. The first-order valence-electron chi connectivity index (χ1n) is 6.44. The molecule has 8 nitrogen and oxygen atoms in total. The summed E-state index contributed by atoms with van der Waals surface area (Å²) in [6.45, 7) is 1.46. The number of furan rings is 1. The number of carbonyl (C=O) groups excluding carboxylic acids is 2. The summed E-state index contributed by atoms with van der Waals surface area (Å²) in [5, 5.41) is 13.6. The first-order valence-corrected chi connectivity index (χ1v) is 7.32. The summed E-state index contributed by atoms with van der Waals surface area (Å²) >= 11 is 1.05. The Bertz CT molecular complexity index is 701. The van der Waals surface area contributed by atoms with Gasteiger partial charge in [-0.15, -0.1) is 11.3 Å². The van der Waals surface area contributed by atoms with Crippen molar-refractivity contribution >= 4 is 23.3 Å². The number of hydrogen-bond donors (Lipinski definition) is 3. The van der Waals surface area contributed by atoms with Crippen LogP contribution in [0.4, 0.5) is 9.18 Å². The fourth-order valence-corrected chi connectivity index (χ4v) is 2.18. The Morgan fingerprint density at radius 2 is 2.30 bits per heavy atom. The van der Waals surface area contributed by atoms with E-state index in [1.54, 1.807) is 0 Å². The molecule has 23 heavy (non-hydrogen) atoms. The molecule has 0 radical (unpaired) electrons. The Balaban J connectivity index is 1.89. The van der Waals surface area contributed by atoms with Gasteiger partial charge in [0.1, 0.15) is 5.82 Å². The van der Waals surface area contributed by atoms with Crippen LogP contribution < -0.4 is 15.8 Å². The predicted molar refractivity (Wildman–Crippen MR) is 78.1 cm³/mol. The highest BCUT2D eigenvalue weighted by Crippen LogP contribution is 2.29. The Hall–Kier alpha value is -2.59. The second-order valence-electron chi connectivity index (χ2n) is 4.55. The van der Waals surface area contributed by atoms with E-state index >= 15 is 0 Å². The molecule has 0 aliphatic carbocycles. The van der Waals surface area contributed by atoms with Gasteiger partial charge in [-0.2, -0.15) is 0 Å². The smallest absolute Gasteiger partial charge is 0.338 e. The van der Waals surface area contributed by atoms with E-state index in [0.29, 0.717) is 5.06 Å². The van der Waals surface area contributed by atoms with E-state index in [-0.39, 0.29) is 23.3 Å². The summed E-state index contributed by atoms with van der Waals surface area (Å²) in [5.74, 6) is -0.993. The molecule has 2 heterocycles. The van der Waals surface area contributed by atoms with Crippen molar-refractivity contribution in [3.8, 4) is 11.0 Å². The van der Waals surface area contributed by atoms with E-state index in [2.05, 4.69) is 5.32 Å². The fraction of sp³-hybridized carbons (Fsp3) is 0.231. The van der Waals surface area contributed by atoms with Gasteiger partial charge in [-0.05, 0) is 13.0 Å². The number of nitrogens with zero attached hydrogens (tertiary/aromatic N) is 1. The summed E-state index contributed by atoms with van der Waals surface area (Å²) in [6, 6.07) is 2.25. The molecule has 0 spiro atoms. The van der Waals surface area contributed by atoms with Crippen molar-refractivity contribution in [2.75, 3.05) is 6.54 Å². The zero-order chi connectivity index (χ0) is 17.0. The minimum atomic E-state index is -1.02. The number of amides is 3. The summed E-state index contributed by atoms with van der Waals surface area (Å²) in [6.07, 6.45) is 0. The van der Waals surface area contributed by atoms with Crippen LogP contribution in [-0.4, -0.2) is 34.8 Å². The zero-order valence-corrected chi connectivity index (χ0v) is 12.8. The summed E-state index contributed by atoms with van der Waals surface area (Å²) in [5.41, 5.74) is 4.90. The maximum atomic E-state index is 12.8. The van der Waals surface area contributed by atoms with Crippen molar-refractivity contribution in [1.82, 2.24) is 10.4 Å². The van der Waals surface area contributed by atoms with Crippen LogP contribution >= 0.6 is 11.3 Å². The molecule has 0 saturated carbocycles. The summed E-state index contributed by atoms with van der Waals surface area (Å²) in [7, 11) is 0. The molecule has 0 fully saturated rings. The van der Waals surface area contributed by atoms with Crippen molar-refractivity contribution < 1.29 is 28.3 Å². The average molecular weight is 343 g/mol. The van der Waals surface area contributed by atoms with Crippen LogP contribution in [0.5, 0.6) is 11.0 Å². The molecule has 0 unspecified atom stereocenters. The number of nitrogens with two attached hydrogens (primary N) is 1. The van der Waals surface area contributed by atoms with Gasteiger partial charge in [-0.1, -0.05) is 0 Å². The topological polar surface area (TPSA) is 118 Å². The number of hydroxylamine groups is 2. The van der Waals surface area contributed by atoms with Crippen molar-refractivity contribution in [2.24, 2.45) is 5.73 Å². The number of rotatable bonds is 6. The van der Waals surface area contributed by atoms with Crippen LogP contribution in [0.15, 0.2) is 28.0 Å². The SMILES string of the molecule is C[C@H](CNC(=O)c1ccc(Oc2cc(F)cs2)o1)N(O)C(N)=O. The third kappa shape index (κ3) is 4.44. The number of hydrogen-bond acceptors (Lipinski definition) is 6. The number of carbonyl (C=O) groups is 2. The van der Waals surface area contributed by atoms with Gasteiger partial charge in [0.05, 0.1) is 6.04 Å². The van der Waals surface area contributed by atoms with E-state index in [4.69, 9.17) is 14.9 Å². The third-order valence-electron chi connectivity index (χ3n) is 2.75. The van der Waals surface area contributed by atoms with Gasteiger partial charge < -0.3 is 20.2 Å². The van der Waals surface area contributed by atoms with E-state index in [9.17, 15) is 19.2 Å². The summed E-state index contributed by atoms with van der Waals surface area (Å²) < 4.78 is 23.3. The van der Waals surface area contributed by atoms with Gasteiger partial charge in [0.15, 0.2) is 10.8 Å². The van der Waals surface area contributed by atoms with Crippen LogP contribution in [0.3, 0.4) is 0 Å². The van der Waals surface area contributed by atoms with Crippen LogP contribution in [0.2, 0.25) is 0 Å². The Labute approximate surface area is 134 Å². The Morgan fingerprint density at radius 3 is 2.91 bits per heavy atom. The van der Waals surface area contributed by atoms with Gasteiger partial charge in [-0.3, -0.25) is 10.0 Å². The van der Waals surface area contributed by atoms with Crippen LogP contribution in [-0.2, 0) is 0 Å². The molecule has 0 aromatic carbocycles. The molecule has 124 valence electrons. The lowest BCUT2D eigenvalue weighted by atomic mass is 10.3. The first kappa shape index (κ1) is 16.8. The molecular formula is C13H14FN3O5S. The van der Waals surface area contributed by atoms with Gasteiger partial charge in [0.25, 0.3) is 11.9 Å². The highest BCUT2D eigenvalue weighted by molar-refractivity contribution is 7.11. The molecular weight excluding hydrogens is 329 g/mol. The highest BCUT2D eigenvalue weighted by atomic mass is 32.1. The maximum absolute atomic E-state index is 12.8. The number of thiophene rings is 1. The maximum Gasteiger partial charge on any atom is 0.338 e. The summed E-state index contributed by atoms with van der Waals surface area (Å²) in [4.78, 5) is 22.6. The Morgan fingerprint density at radius 1 is 1.57 bits per heavy atom. The zero-order valence-electron chi connectivity index (χ0n) is 12.0. The second-order valence-corrected chi connectivity index (χ2v) is 5.42. The molecule has 0 aliphatic heterocycles. The third-order valence-corrected chi connectivity index (χ3v) is 3.53. The minimum absolute atomic E-state index is 0.0333. The van der Waals surface area contributed by atoms with E-state index in [0.717, 1.165) is 11.3 Å². The molecule has 0 saturated heterocycles. The lowest BCUT2D eigenvalue weighted by molar-refractivity contribution is -0.0682. The Kier molecular flexibility index (Phi) is 5.19. The highest BCUT2D eigenvalue weighted by Gasteiger charge is 2.18. The molecule has 2 aromatic heterocycles. The number of primary amides is 1. The number of urea groups is 1. The fourth-order valence-electron chi connectivity index (χ4n) is 1.58. The molecule has 1 atom stereocenters. The molecule has 10 heteroatoms. The van der Waals surface area contributed by atoms with E-state index in [1.165, 1.54) is 30.5 Å². The van der Waals surface area contributed by atoms with Gasteiger partial charge in [0, 0.05) is 24.1 Å². The largest absolute Gasteiger partial charge is 0.420 e. The molecule has 2 rings (SSSR count). The lowest BCUT2D eigenvalue weighted by Gasteiger charge is -2.20. The van der Waals surface area contributed by atoms with Gasteiger partial charge in [0.2, 0.25) is 0 Å². The minimum Gasteiger partial charge on any atom is -0.420 e. The lowest BCUT2D eigenvalue weighted by Crippen LogP contribution is -2.45. The predicted octanol–water partition coefficient (Wildman–Crippen LogP) is 2.16. The molecule has 2 aromatic rings. The van der Waals surface area contributed by atoms with Gasteiger partial charge in [-0.25, -0.2) is 14.2 Å². The van der Waals surface area contributed by atoms with Crippen LogP contribution in [0.25, 0.3) is 0 Å². The van der Waals surface area contributed by atoms with Crippen molar-refractivity contribution in [1.29, 1.82) is 0 Å². The van der Waals surface area contributed by atoms with E-state index in [1.807, 2.05) is 0 Å². The molecule has 0 bridgehead atoms. The normalized spacial score (nSPS) is 11.8. The second kappa shape index (κ2) is 7.11. The number of nitrogens with one attached hydrogen (secondary N) is 1. The van der Waals surface area contributed by atoms with E-state index < -0.39 is 23.8 Å². The van der Waals surface area contributed by atoms with Crippen molar-refractivity contribution in [3.05, 3.63) is 35.2 Å². The number of halogens is 1. The standard InChI is InChI=1S/C13H14FN3O5S/c1-7(17(20)13(15)19)5-16-12(18)9-2-3-10(21-9)22-11-4-8(14)6-23-11/h2-4,6-7,20H,5H2,1H3,(H2,15,19)(H,16,18)/t7-/m1/s1. The van der Waals surface area contributed by atoms with Crippen molar-refractivity contribution in [3.63, 3.8) is 0 Å². The average Bonchev–Trinajstić information content (AvgIpc) is 3.13. The van der Waals surface area contributed by atoms with Crippen LogP contribution in [0, 0.1) is 5.82 Å². The monoisotopic (exact) mass is 343 g/mol.